The number of carbonyl (C=O) groups excluding carboxylic acids is 2. The second kappa shape index (κ2) is 25.5. The van der Waals surface area contributed by atoms with Crippen LogP contribution in [0.1, 0.15) is 10.4 Å². The van der Waals surface area contributed by atoms with Crippen molar-refractivity contribution in [2.75, 3.05) is 94.1 Å². The Kier molecular flexibility index (Phi) is 25.3. The van der Waals surface area contributed by atoms with Crippen LogP contribution >= 0.6 is 0 Å². The van der Waals surface area contributed by atoms with Crippen LogP contribution in [0.4, 0.5) is 47.1 Å². The number of hydrogen-bond donors (Lipinski definition) is 5. The topological polar surface area (TPSA) is 269 Å². The van der Waals surface area contributed by atoms with Crippen molar-refractivity contribution in [3.05, 3.63) is 23.8 Å². The van der Waals surface area contributed by atoms with Crippen LogP contribution in [-0.2, 0) is 9.68 Å². The molecule has 0 saturated carbocycles. The fraction of sp³-hybridized carbons (Fsp3) is 0.400. The van der Waals surface area contributed by atoms with Gasteiger partial charge in [0.1, 0.15) is 0 Å². The molecular formula is C25H33K3N14O6. The molecule has 1 aromatic carbocycles. The zero-order valence-corrected chi connectivity index (χ0v) is 37.4. The molecule has 48 heavy (non-hydrogen) atoms. The molecule has 0 radical (unpaired) electrons. The average Bonchev–Trinajstić information content (AvgIpc) is 2.96. The number of anilines is 7. The van der Waals surface area contributed by atoms with Gasteiger partial charge in [0.2, 0.25) is 29.7 Å². The van der Waals surface area contributed by atoms with Gasteiger partial charge < -0.3 is 66.3 Å². The van der Waals surface area contributed by atoms with Gasteiger partial charge in [-0.15, -0.1) is 0 Å². The SMILES string of the molecule is CN(C)CCNc1nc(NCC(=O)[O-])nc(Nc2ccc(Nc3nc(/N=C/CO[O-])nc(NCCN(C)C)n3)c(C(=O)[O-])c2)n1.[K+].[K+].[K+]. The van der Waals surface area contributed by atoms with Crippen molar-refractivity contribution in [2.24, 2.45) is 4.99 Å². The molecular weight excluding hydrogens is 710 g/mol. The van der Waals surface area contributed by atoms with E-state index in [4.69, 9.17) is 0 Å². The Labute approximate surface area is 404 Å². The van der Waals surface area contributed by atoms with E-state index in [9.17, 15) is 25.1 Å². The Bertz CT molecular complexity index is 1490. The van der Waals surface area contributed by atoms with E-state index in [1.807, 2.05) is 38.0 Å². The predicted molar refractivity (Wildman–Crippen MR) is 159 cm³/mol. The summed E-state index contributed by atoms with van der Waals surface area (Å²) in [7, 11) is 7.59. The third-order valence-corrected chi connectivity index (χ3v) is 5.43. The first-order valence-corrected chi connectivity index (χ1v) is 13.4. The van der Waals surface area contributed by atoms with Crippen molar-refractivity contribution in [2.45, 2.75) is 0 Å². The summed E-state index contributed by atoms with van der Waals surface area (Å²) in [4.78, 5) is 59.8. The molecule has 3 rings (SSSR count). The van der Waals surface area contributed by atoms with E-state index >= 15 is 0 Å². The molecule has 0 fully saturated rings. The smallest absolute Gasteiger partial charge is 0.723 e. The van der Waals surface area contributed by atoms with E-state index < -0.39 is 18.5 Å². The zero-order valence-electron chi connectivity index (χ0n) is 28.0. The summed E-state index contributed by atoms with van der Waals surface area (Å²) in [5.74, 6) is -2.71. The Morgan fingerprint density at radius 2 is 1.31 bits per heavy atom. The molecule has 0 aliphatic heterocycles. The van der Waals surface area contributed by atoms with Crippen molar-refractivity contribution in [3.63, 3.8) is 0 Å². The van der Waals surface area contributed by atoms with E-state index in [2.05, 4.69) is 66.4 Å². The van der Waals surface area contributed by atoms with Crippen LogP contribution in [-0.4, -0.2) is 125 Å². The summed E-state index contributed by atoms with van der Waals surface area (Å²) in [6.07, 6.45) is 1.17. The molecule has 2 heterocycles. The van der Waals surface area contributed by atoms with Crippen molar-refractivity contribution in [3.8, 4) is 0 Å². The number of aliphatic carboxylic acids is 1. The first-order valence-electron chi connectivity index (χ1n) is 13.4. The van der Waals surface area contributed by atoms with Gasteiger partial charge in [0, 0.05) is 43.6 Å². The standard InChI is InChI=1S/C25H36N14O6.3K/c1-38(2)10-7-26-20-32-22(28-9-12-45-44)36-25(35-20)31-17-6-5-15(13-16(17)19(42)43)30-24-34-21(27-8-11-39(3)4)33-23(37-24)29-14-18(40)41;;;/h5-6,9,13,44H,7-8,10-12,14H2,1-4H3,(H,40,41)(H,42,43)(H2,26,31,32,35,36)(H3,27,29,30,33,34,37);;;/q;3*+1/p-3/b28-9+;;;. The van der Waals surface area contributed by atoms with Crippen molar-refractivity contribution in [1.82, 2.24) is 39.7 Å². The Morgan fingerprint density at radius 3 is 1.85 bits per heavy atom. The van der Waals surface area contributed by atoms with Gasteiger partial charge in [0.05, 0.1) is 30.8 Å². The Morgan fingerprint density at radius 1 is 0.792 bits per heavy atom. The summed E-state index contributed by atoms with van der Waals surface area (Å²) in [5.41, 5.74) is 0.0865. The molecule has 0 bridgehead atoms. The van der Waals surface area contributed by atoms with Crippen molar-refractivity contribution < 1.29 is 184 Å². The molecule has 0 atom stereocenters. The van der Waals surface area contributed by atoms with Gasteiger partial charge in [-0.3, -0.25) is 0 Å². The monoisotopic (exact) mass is 742 g/mol. The maximum atomic E-state index is 12.1. The van der Waals surface area contributed by atoms with E-state index in [-0.39, 0.29) is 213 Å². The zero-order chi connectivity index (χ0) is 32.8. The number of carboxylic acids is 2. The minimum absolute atomic E-state index is 0. The Hall–Kier alpha value is -0.401. The van der Waals surface area contributed by atoms with Gasteiger partial charge in [-0.05, 0) is 46.4 Å². The molecule has 242 valence electrons. The number of aromatic nitrogens is 6. The van der Waals surface area contributed by atoms with Crippen LogP contribution in [0.3, 0.4) is 0 Å². The van der Waals surface area contributed by atoms with Gasteiger partial charge in [-0.25, -0.2) is 4.99 Å². The molecule has 5 N–H and O–H groups in total. The largest absolute Gasteiger partial charge is 1.00 e. The number of benzene rings is 1. The number of aromatic carboxylic acids is 1. The minimum atomic E-state index is -1.51. The van der Waals surface area contributed by atoms with Gasteiger partial charge in [0.15, 0.2) is 0 Å². The normalized spacial score (nSPS) is 10.5. The van der Waals surface area contributed by atoms with Crippen LogP contribution in [0.2, 0.25) is 0 Å². The summed E-state index contributed by atoms with van der Waals surface area (Å²) in [6, 6.07) is 4.25. The average molecular weight is 743 g/mol. The van der Waals surface area contributed by atoms with Crippen LogP contribution in [0.25, 0.3) is 0 Å². The van der Waals surface area contributed by atoms with Crippen LogP contribution in [0.15, 0.2) is 23.2 Å². The third-order valence-electron chi connectivity index (χ3n) is 5.43. The fourth-order valence-corrected chi connectivity index (χ4v) is 3.38. The first-order chi connectivity index (χ1) is 21.5. The maximum Gasteiger partial charge on any atom is 1.00 e. The predicted octanol–water partition coefficient (Wildman–Crippen LogP) is -12.0. The first kappa shape index (κ1) is 47.6. The van der Waals surface area contributed by atoms with E-state index in [1.165, 1.54) is 24.4 Å². The van der Waals surface area contributed by atoms with Gasteiger partial charge in [-0.2, -0.15) is 29.9 Å². The summed E-state index contributed by atoms with van der Waals surface area (Å²) < 4.78 is 0. The van der Waals surface area contributed by atoms with Gasteiger partial charge >= 0.3 is 154 Å². The number of hydrogen-bond acceptors (Lipinski definition) is 20. The summed E-state index contributed by atoms with van der Waals surface area (Å²) in [5, 5.41) is 47.7. The van der Waals surface area contributed by atoms with Crippen LogP contribution < -0.4 is 196 Å². The van der Waals surface area contributed by atoms with Gasteiger partial charge in [0.25, 0.3) is 5.95 Å². The summed E-state index contributed by atoms with van der Waals surface area (Å²) >= 11 is 0. The molecule has 2 aromatic heterocycles. The number of carbonyl (C=O) groups is 2. The molecule has 0 amide bonds. The van der Waals surface area contributed by atoms with E-state index in [1.54, 1.807) is 0 Å². The quantitative estimate of drug-likeness (QED) is 0.0330. The second-order valence-electron chi connectivity index (χ2n) is 9.67. The molecule has 0 spiro atoms. The number of nitrogens with zero attached hydrogens (tertiary/aromatic N) is 9. The van der Waals surface area contributed by atoms with E-state index in [0.717, 1.165) is 0 Å². The molecule has 0 aliphatic rings. The van der Waals surface area contributed by atoms with E-state index in [0.29, 0.717) is 26.2 Å². The number of nitrogens with one attached hydrogen (secondary N) is 5. The van der Waals surface area contributed by atoms with Crippen LogP contribution in [0.5, 0.6) is 0 Å². The minimum Gasteiger partial charge on any atom is -0.723 e. The number of aliphatic imine (C=N–C) groups is 1. The number of likely N-dealkylation sites (N-methyl/N-ethyl adjacent to an activating group) is 2. The molecule has 0 saturated heterocycles. The molecule has 0 aliphatic carbocycles. The Balaban J connectivity index is 0.00000736. The maximum absolute atomic E-state index is 12.1. The number of rotatable bonds is 19. The van der Waals surface area contributed by atoms with Crippen molar-refractivity contribution in [1.29, 1.82) is 0 Å². The molecule has 3 aromatic rings. The molecule has 23 heteroatoms. The molecule has 0 unspecified atom stereocenters. The summed E-state index contributed by atoms with van der Waals surface area (Å²) in [6.45, 7) is 1.45. The van der Waals surface area contributed by atoms with Crippen molar-refractivity contribution >= 4 is 65.2 Å². The molecule has 20 nitrogen and oxygen atoms in total. The van der Waals surface area contributed by atoms with Gasteiger partial charge in [-0.1, -0.05) is 0 Å². The number of carboxylic acid groups (broad SMARTS) is 2. The van der Waals surface area contributed by atoms with Crippen LogP contribution in [0, 0.1) is 0 Å². The fourth-order valence-electron chi connectivity index (χ4n) is 3.38. The second-order valence-corrected chi connectivity index (χ2v) is 9.67. The third kappa shape index (κ3) is 18.2.